The summed E-state index contributed by atoms with van der Waals surface area (Å²) >= 11 is 0. The molecule has 3 rings (SSSR count). The van der Waals surface area contributed by atoms with E-state index in [1.165, 1.54) is 24.3 Å². The Bertz CT molecular complexity index is 1060. The first-order chi connectivity index (χ1) is 16.3. The van der Waals surface area contributed by atoms with E-state index in [9.17, 15) is 18.4 Å². The molecule has 182 valence electrons. The van der Waals surface area contributed by atoms with Crippen molar-refractivity contribution < 1.29 is 32.6 Å². The molecule has 1 amide bonds. The van der Waals surface area contributed by atoms with E-state index in [0.717, 1.165) is 0 Å². The second kappa shape index (κ2) is 11.1. The molecule has 0 fully saturated rings. The van der Waals surface area contributed by atoms with Gasteiger partial charge in [-0.05, 0) is 49.2 Å². The molecule has 2 aromatic carbocycles. The number of methoxy groups -OCH3 is 1. The highest BCUT2D eigenvalue weighted by atomic mass is 19.3. The predicted molar refractivity (Wildman–Crippen MR) is 121 cm³/mol. The summed E-state index contributed by atoms with van der Waals surface area (Å²) in [5.41, 5.74) is 8.33. The number of hydrogen-bond donors (Lipinski definition) is 1. The molecule has 0 radical (unpaired) electrons. The maximum atomic E-state index is 12.9. The van der Waals surface area contributed by atoms with Crippen LogP contribution in [0.25, 0.3) is 0 Å². The smallest absolute Gasteiger partial charge is 0.387 e. The fourth-order valence-corrected chi connectivity index (χ4v) is 3.70. The third kappa shape index (κ3) is 5.51. The Morgan fingerprint density at radius 2 is 1.88 bits per heavy atom. The zero-order valence-electron chi connectivity index (χ0n) is 19.2. The molecular weight excluding hydrogens is 448 g/mol. The van der Waals surface area contributed by atoms with Gasteiger partial charge < -0.3 is 19.9 Å². The lowest BCUT2D eigenvalue weighted by atomic mass is 9.89. The lowest BCUT2D eigenvalue weighted by molar-refractivity contribution is -0.135. The molecule has 2 aromatic rings. The van der Waals surface area contributed by atoms with Crippen LogP contribution >= 0.6 is 0 Å². The third-order valence-corrected chi connectivity index (χ3v) is 5.47. The fraction of sp³-hybridized carbons (Fsp3) is 0.375. The summed E-state index contributed by atoms with van der Waals surface area (Å²) in [5.74, 6) is -0.927. The predicted octanol–water partition coefficient (Wildman–Crippen LogP) is 4.09. The van der Waals surface area contributed by atoms with Crippen LogP contribution in [-0.4, -0.2) is 42.9 Å². The molecule has 8 nitrogen and oxygen atoms in total. The van der Waals surface area contributed by atoms with E-state index >= 15 is 0 Å². The molecule has 2 unspecified atom stereocenters. The van der Waals surface area contributed by atoms with Gasteiger partial charge in [0.15, 0.2) is 11.5 Å². The van der Waals surface area contributed by atoms with Gasteiger partial charge in [0.25, 0.3) is 0 Å². The first-order valence-electron chi connectivity index (χ1n) is 10.8. The monoisotopic (exact) mass is 475 g/mol. The van der Waals surface area contributed by atoms with Crippen LogP contribution in [0.15, 0.2) is 47.6 Å². The van der Waals surface area contributed by atoms with Gasteiger partial charge in [-0.15, -0.1) is 0 Å². The summed E-state index contributed by atoms with van der Waals surface area (Å²) in [6.07, 6.45) is -0.147. The number of halogens is 2. The maximum Gasteiger partial charge on any atom is 0.387 e. The first kappa shape index (κ1) is 25.1. The van der Waals surface area contributed by atoms with E-state index in [2.05, 4.69) is 9.84 Å². The van der Waals surface area contributed by atoms with Crippen LogP contribution < -0.4 is 15.2 Å². The maximum absolute atomic E-state index is 12.9. The number of nitrogens with two attached hydrogens (primary N) is 1. The Morgan fingerprint density at radius 3 is 2.47 bits per heavy atom. The van der Waals surface area contributed by atoms with Crippen molar-refractivity contribution in [1.82, 2.24) is 5.01 Å². The molecule has 0 spiro atoms. The Balaban J connectivity index is 1.95. The van der Waals surface area contributed by atoms with Gasteiger partial charge in [-0.25, -0.2) is 9.80 Å². The van der Waals surface area contributed by atoms with E-state index in [-0.39, 0.29) is 36.4 Å². The van der Waals surface area contributed by atoms with Crippen molar-refractivity contribution in [2.75, 3.05) is 13.7 Å². The van der Waals surface area contributed by atoms with Gasteiger partial charge >= 0.3 is 12.6 Å². The van der Waals surface area contributed by atoms with Crippen molar-refractivity contribution in [3.8, 4) is 11.5 Å². The number of hydrogen-bond acceptors (Lipinski definition) is 7. The minimum Gasteiger partial charge on any atom is -0.493 e. The van der Waals surface area contributed by atoms with Gasteiger partial charge in [0.2, 0.25) is 5.91 Å². The molecule has 1 aliphatic rings. The van der Waals surface area contributed by atoms with Crippen molar-refractivity contribution in [2.45, 2.75) is 39.5 Å². The van der Waals surface area contributed by atoms with Crippen LogP contribution in [-0.2, 0) is 9.53 Å². The van der Waals surface area contributed by atoms with E-state index in [1.807, 2.05) is 6.92 Å². The third-order valence-electron chi connectivity index (χ3n) is 5.47. The molecule has 0 bridgehead atoms. The minimum absolute atomic E-state index is 0.130. The number of esters is 1. The Hall–Kier alpha value is -3.53. The number of nitrogens with zero attached hydrogens (tertiary/aromatic N) is 2. The van der Waals surface area contributed by atoms with Crippen LogP contribution in [0.1, 0.15) is 54.3 Å². The van der Waals surface area contributed by atoms with Crippen molar-refractivity contribution in [1.29, 1.82) is 0 Å². The van der Waals surface area contributed by atoms with Crippen molar-refractivity contribution >= 4 is 17.6 Å². The lowest BCUT2D eigenvalue weighted by Crippen LogP contribution is -2.42. The number of carbonyl (C=O) groups is 2. The normalized spacial score (nSPS) is 16.8. The van der Waals surface area contributed by atoms with Gasteiger partial charge in [0.05, 0.1) is 25.0 Å². The zero-order valence-corrected chi connectivity index (χ0v) is 19.2. The highest BCUT2D eigenvalue weighted by molar-refractivity contribution is 6.06. The van der Waals surface area contributed by atoms with Gasteiger partial charge in [-0.1, -0.05) is 19.1 Å². The Labute approximate surface area is 196 Å². The topological polar surface area (TPSA) is 103 Å². The van der Waals surface area contributed by atoms with Crippen LogP contribution in [0.5, 0.6) is 11.5 Å². The molecule has 0 aliphatic carbocycles. The van der Waals surface area contributed by atoms with Crippen LogP contribution in [0.2, 0.25) is 0 Å². The summed E-state index contributed by atoms with van der Waals surface area (Å²) in [5, 5.41) is 5.70. The van der Waals surface area contributed by atoms with E-state index in [1.54, 1.807) is 37.3 Å². The molecule has 0 aromatic heterocycles. The molecule has 0 saturated carbocycles. The average molecular weight is 475 g/mol. The summed E-state index contributed by atoms with van der Waals surface area (Å²) in [7, 11) is 1.35. The molecule has 2 N–H and O–H groups in total. The number of amides is 1. The van der Waals surface area contributed by atoms with Crippen molar-refractivity contribution in [3.05, 3.63) is 59.2 Å². The standard InChI is InChI=1S/C24H27F2N3O5/c1-4-14-13-20(30)29(22(27)15-6-8-16(9-7-15)23(31)33-5-2)28-21(14)17-10-11-18(32-3)19(12-17)34-24(25)26/h6-12,14,22,24H,4-5,13,27H2,1-3H3. The average Bonchev–Trinajstić information content (AvgIpc) is 2.83. The summed E-state index contributed by atoms with van der Waals surface area (Å²) in [6, 6.07) is 11.0. The number of alkyl halides is 2. The minimum atomic E-state index is -3.02. The van der Waals surface area contributed by atoms with Gasteiger partial charge in [0, 0.05) is 17.9 Å². The van der Waals surface area contributed by atoms with Gasteiger partial charge in [0.1, 0.15) is 6.17 Å². The first-order valence-corrected chi connectivity index (χ1v) is 10.8. The quantitative estimate of drug-likeness (QED) is 0.548. The molecule has 1 aliphatic heterocycles. The SMILES string of the molecule is CCOC(=O)c1ccc(C(N)N2N=C(c3ccc(OC)c(OC(F)F)c3)C(CC)CC2=O)cc1. The molecule has 2 atom stereocenters. The second-order valence-corrected chi connectivity index (χ2v) is 7.56. The van der Waals surface area contributed by atoms with E-state index < -0.39 is 18.7 Å². The molecular formula is C24H27F2N3O5. The van der Waals surface area contributed by atoms with Gasteiger partial charge in [-0.2, -0.15) is 13.9 Å². The Morgan fingerprint density at radius 1 is 1.18 bits per heavy atom. The zero-order chi connectivity index (χ0) is 24.8. The molecule has 0 saturated heterocycles. The number of benzene rings is 2. The largest absolute Gasteiger partial charge is 0.493 e. The van der Waals surface area contributed by atoms with Crippen molar-refractivity contribution in [3.63, 3.8) is 0 Å². The van der Waals surface area contributed by atoms with Crippen LogP contribution in [0, 0.1) is 5.92 Å². The van der Waals surface area contributed by atoms with Gasteiger partial charge in [-0.3, -0.25) is 4.79 Å². The second-order valence-electron chi connectivity index (χ2n) is 7.56. The van der Waals surface area contributed by atoms with Crippen LogP contribution in [0.3, 0.4) is 0 Å². The molecule has 34 heavy (non-hydrogen) atoms. The van der Waals surface area contributed by atoms with E-state index in [4.69, 9.17) is 15.2 Å². The molecule has 1 heterocycles. The summed E-state index contributed by atoms with van der Waals surface area (Å²) < 4.78 is 40.4. The Kier molecular flexibility index (Phi) is 8.17. The number of carbonyl (C=O) groups excluding carboxylic acids is 2. The number of ether oxygens (including phenoxy) is 3. The molecule has 10 heteroatoms. The lowest BCUT2D eigenvalue weighted by Gasteiger charge is -2.33. The summed E-state index contributed by atoms with van der Waals surface area (Å²) in [4.78, 5) is 24.7. The number of hydrazone groups is 1. The van der Waals surface area contributed by atoms with E-state index in [0.29, 0.717) is 28.8 Å². The van der Waals surface area contributed by atoms with Crippen LogP contribution in [0.4, 0.5) is 8.78 Å². The number of rotatable bonds is 9. The summed E-state index contributed by atoms with van der Waals surface area (Å²) in [6.45, 7) is 0.864. The van der Waals surface area contributed by atoms with Crippen molar-refractivity contribution in [2.24, 2.45) is 16.8 Å². The highest BCUT2D eigenvalue weighted by Crippen LogP contribution is 2.33. The highest BCUT2D eigenvalue weighted by Gasteiger charge is 2.33. The fourth-order valence-electron chi connectivity index (χ4n) is 3.70.